The molecule has 1 fully saturated rings. The highest BCUT2D eigenvalue weighted by atomic mass is 32.1. The fourth-order valence-corrected chi connectivity index (χ4v) is 4.58. The molecule has 3 aromatic rings. The third-order valence-electron chi connectivity index (χ3n) is 4.47. The molecular weight excluding hydrogens is 338 g/mol. The lowest BCUT2D eigenvalue weighted by Crippen LogP contribution is -2.44. The van der Waals surface area contributed by atoms with Crippen LogP contribution in [0.5, 0.6) is 0 Å². The summed E-state index contributed by atoms with van der Waals surface area (Å²) in [5.74, 6) is 0.177. The number of carbonyl (C=O) groups excluding carboxylic acids is 1. The van der Waals surface area contributed by atoms with Gasteiger partial charge in [0, 0.05) is 31.9 Å². The van der Waals surface area contributed by atoms with Crippen molar-refractivity contribution < 1.29 is 4.79 Å². The molecule has 1 amide bonds. The molecule has 3 aromatic heterocycles. The number of carbonyl (C=O) groups is 1. The molecule has 124 valence electrons. The van der Waals surface area contributed by atoms with Crippen molar-refractivity contribution in [1.82, 2.24) is 15.2 Å². The van der Waals surface area contributed by atoms with E-state index in [1.54, 1.807) is 11.3 Å². The second-order valence-corrected chi connectivity index (χ2v) is 7.97. The van der Waals surface area contributed by atoms with E-state index < -0.39 is 0 Å². The summed E-state index contributed by atoms with van der Waals surface area (Å²) >= 11 is 3.25. The number of piperidine rings is 1. The van der Waals surface area contributed by atoms with Gasteiger partial charge in [0.15, 0.2) is 0 Å². The van der Waals surface area contributed by atoms with Gasteiger partial charge in [-0.05, 0) is 47.4 Å². The fourth-order valence-electron chi connectivity index (χ4n) is 3.09. The topological polar surface area (TPSA) is 45.2 Å². The highest BCUT2D eigenvalue weighted by Gasteiger charge is 2.23. The second kappa shape index (κ2) is 7.01. The Bertz CT molecular complexity index is 820. The first kappa shape index (κ1) is 15.7. The molecule has 4 heterocycles. The molecule has 0 aromatic carbocycles. The molecule has 4 rings (SSSR count). The van der Waals surface area contributed by atoms with E-state index in [1.165, 1.54) is 21.6 Å². The number of likely N-dealkylation sites (tertiary alicyclic amines) is 1. The Morgan fingerprint density at radius 1 is 1.25 bits per heavy atom. The third-order valence-corrected chi connectivity index (χ3v) is 6.18. The molecule has 1 aliphatic heterocycles. The zero-order valence-electron chi connectivity index (χ0n) is 13.3. The minimum atomic E-state index is 0.177. The average molecular weight is 358 g/mol. The zero-order valence-corrected chi connectivity index (χ0v) is 14.9. The van der Waals surface area contributed by atoms with Crippen molar-refractivity contribution in [2.45, 2.75) is 25.4 Å². The number of aromatic nitrogens is 1. The molecule has 24 heavy (non-hydrogen) atoms. The summed E-state index contributed by atoms with van der Waals surface area (Å²) in [7, 11) is 0. The van der Waals surface area contributed by atoms with Gasteiger partial charge in [0.2, 0.25) is 0 Å². The lowest BCUT2D eigenvalue weighted by Gasteiger charge is -2.32. The van der Waals surface area contributed by atoms with E-state index in [2.05, 4.69) is 27.8 Å². The maximum absolute atomic E-state index is 12.4. The van der Waals surface area contributed by atoms with Crippen molar-refractivity contribution >= 4 is 38.8 Å². The van der Waals surface area contributed by atoms with Gasteiger partial charge in [-0.25, -0.2) is 0 Å². The first-order valence-corrected chi connectivity index (χ1v) is 9.94. The predicted molar refractivity (Wildman–Crippen MR) is 99.7 cm³/mol. The summed E-state index contributed by atoms with van der Waals surface area (Å²) < 4.78 is 1.24. The van der Waals surface area contributed by atoms with Crippen molar-refractivity contribution in [2.24, 2.45) is 0 Å². The molecule has 0 unspecified atom stereocenters. The Morgan fingerprint density at radius 3 is 2.92 bits per heavy atom. The molecule has 1 saturated heterocycles. The molecule has 0 spiro atoms. The van der Waals surface area contributed by atoms with Crippen LogP contribution in [-0.4, -0.2) is 34.9 Å². The van der Waals surface area contributed by atoms with E-state index in [1.807, 2.05) is 28.6 Å². The van der Waals surface area contributed by atoms with E-state index in [9.17, 15) is 4.79 Å². The molecule has 4 nitrogen and oxygen atoms in total. The van der Waals surface area contributed by atoms with Gasteiger partial charge < -0.3 is 10.2 Å². The summed E-state index contributed by atoms with van der Waals surface area (Å²) in [6.45, 7) is 2.50. The zero-order chi connectivity index (χ0) is 16.4. The molecule has 1 aliphatic rings. The minimum Gasteiger partial charge on any atom is -0.338 e. The molecule has 0 saturated carbocycles. The van der Waals surface area contributed by atoms with Crippen LogP contribution in [0.25, 0.3) is 10.2 Å². The highest BCUT2D eigenvalue weighted by Crippen LogP contribution is 2.20. The van der Waals surface area contributed by atoms with Gasteiger partial charge in [-0.2, -0.15) is 0 Å². The van der Waals surface area contributed by atoms with Crippen LogP contribution in [0, 0.1) is 0 Å². The van der Waals surface area contributed by atoms with Crippen LogP contribution in [0.2, 0.25) is 0 Å². The quantitative estimate of drug-likeness (QED) is 0.773. The maximum Gasteiger partial charge on any atom is 0.263 e. The van der Waals surface area contributed by atoms with Gasteiger partial charge in [0.05, 0.1) is 15.1 Å². The molecule has 1 N–H and O–H groups in total. The van der Waals surface area contributed by atoms with Crippen LogP contribution in [0.15, 0.2) is 41.2 Å². The molecule has 0 bridgehead atoms. The lowest BCUT2D eigenvalue weighted by molar-refractivity contribution is 0.0709. The Kier molecular flexibility index (Phi) is 4.60. The SMILES string of the molecule is O=C(c1cccs1)N1CCC(NCc2cnc3ccsc3c2)CC1. The number of fused-ring (bicyclic) bond motifs is 1. The van der Waals surface area contributed by atoms with E-state index in [4.69, 9.17) is 0 Å². The van der Waals surface area contributed by atoms with Crippen LogP contribution in [0.3, 0.4) is 0 Å². The van der Waals surface area contributed by atoms with E-state index in [0.29, 0.717) is 6.04 Å². The highest BCUT2D eigenvalue weighted by molar-refractivity contribution is 7.17. The molecular formula is C18H19N3OS2. The summed E-state index contributed by atoms with van der Waals surface area (Å²) in [5, 5.41) is 7.66. The Hall–Kier alpha value is -1.76. The second-order valence-electron chi connectivity index (χ2n) is 6.07. The van der Waals surface area contributed by atoms with Crippen molar-refractivity contribution in [1.29, 1.82) is 0 Å². The number of nitrogens with zero attached hydrogens (tertiary/aromatic N) is 2. The smallest absolute Gasteiger partial charge is 0.263 e. The predicted octanol–water partition coefficient (Wildman–Crippen LogP) is 3.75. The van der Waals surface area contributed by atoms with Crippen molar-refractivity contribution in [3.05, 3.63) is 51.7 Å². The Labute approximate surface area is 149 Å². The number of nitrogens with one attached hydrogen (secondary N) is 1. The molecule has 0 aliphatic carbocycles. The first-order chi connectivity index (χ1) is 11.8. The van der Waals surface area contributed by atoms with Gasteiger partial charge in [-0.15, -0.1) is 22.7 Å². The van der Waals surface area contributed by atoms with E-state index in [0.717, 1.165) is 42.9 Å². The largest absolute Gasteiger partial charge is 0.338 e. The van der Waals surface area contributed by atoms with Crippen LogP contribution in [-0.2, 0) is 6.54 Å². The average Bonchev–Trinajstić information content (AvgIpc) is 3.31. The minimum absolute atomic E-state index is 0.177. The summed E-state index contributed by atoms with van der Waals surface area (Å²) in [5.41, 5.74) is 2.30. The number of thiophene rings is 2. The third kappa shape index (κ3) is 3.36. The van der Waals surface area contributed by atoms with E-state index in [-0.39, 0.29) is 5.91 Å². The number of amides is 1. The Morgan fingerprint density at radius 2 is 2.12 bits per heavy atom. The van der Waals surface area contributed by atoms with Gasteiger partial charge >= 0.3 is 0 Å². The van der Waals surface area contributed by atoms with Crippen molar-refractivity contribution in [2.75, 3.05) is 13.1 Å². The van der Waals surface area contributed by atoms with Crippen LogP contribution < -0.4 is 5.32 Å². The van der Waals surface area contributed by atoms with Gasteiger partial charge in [-0.1, -0.05) is 6.07 Å². The normalized spacial score (nSPS) is 15.9. The molecule has 0 atom stereocenters. The summed E-state index contributed by atoms with van der Waals surface area (Å²) in [4.78, 5) is 19.7. The van der Waals surface area contributed by atoms with Crippen LogP contribution in [0.4, 0.5) is 0 Å². The summed E-state index contributed by atoms with van der Waals surface area (Å²) in [6.07, 6.45) is 3.97. The van der Waals surface area contributed by atoms with Gasteiger partial charge in [0.1, 0.15) is 0 Å². The number of rotatable bonds is 4. The monoisotopic (exact) mass is 357 g/mol. The van der Waals surface area contributed by atoms with Crippen molar-refractivity contribution in [3.8, 4) is 0 Å². The van der Waals surface area contributed by atoms with Crippen LogP contribution in [0.1, 0.15) is 28.1 Å². The van der Waals surface area contributed by atoms with Gasteiger partial charge in [0.25, 0.3) is 5.91 Å². The fraction of sp³-hybridized carbons (Fsp3) is 0.333. The Balaban J connectivity index is 1.29. The first-order valence-electron chi connectivity index (χ1n) is 8.18. The van der Waals surface area contributed by atoms with Crippen molar-refractivity contribution in [3.63, 3.8) is 0 Å². The number of pyridine rings is 1. The van der Waals surface area contributed by atoms with E-state index >= 15 is 0 Å². The number of hydrogen-bond acceptors (Lipinski definition) is 5. The summed E-state index contributed by atoms with van der Waals surface area (Å²) in [6, 6.07) is 8.58. The number of hydrogen-bond donors (Lipinski definition) is 1. The van der Waals surface area contributed by atoms with Gasteiger partial charge in [-0.3, -0.25) is 9.78 Å². The molecule has 0 radical (unpaired) electrons. The standard InChI is InChI=1S/C18H19N3OS2/c22-18(16-2-1-8-23-16)21-6-3-14(4-7-21)19-11-13-10-17-15(20-12-13)5-9-24-17/h1-2,5,8-10,12,14,19H,3-4,6-7,11H2. The van der Waals surface area contributed by atoms with Crippen LogP contribution >= 0.6 is 22.7 Å². The molecule has 6 heteroatoms. The lowest BCUT2D eigenvalue weighted by atomic mass is 10.0. The maximum atomic E-state index is 12.4.